The summed E-state index contributed by atoms with van der Waals surface area (Å²) in [5, 5.41) is 9.58. The Morgan fingerprint density at radius 2 is 2.00 bits per heavy atom. The molecule has 1 aromatic heterocycles. The van der Waals surface area contributed by atoms with Crippen LogP contribution in [0.25, 0.3) is 0 Å². The van der Waals surface area contributed by atoms with E-state index < -0.39 is 12.0 Å². The Kier molecular flexibility index (Phi) is 3.48. The van der Waals surface area contributed by atoms with Crippen molar-refractivity contribution >= 4 is 5.97 Å². The van der Waals surface area contributed by atoms with Crippen LogP contribution in [0.15, 0.2) is 48.8 Å². The van der Waals surface area contributed by atoms with Crippen molar-refractivity contribution in [3.63, 3.8) is 0 Å². The third-order valence-electron chi connectivity index (χ3n) is 3.75. The lowest BCUT2D eigenvalue weighted by Gasteiger charge is -2.34. The summed E-state index contributed by atoms with van der Waals surface area (Å²) in [5.74, 6) is -0.786. The lowest BCUT2D eigenvalue weighted by atomic mass is 9.92. The Hall–Kier alpha value is -2.20. The maximum absolute atomic E-state index is 11.7. The van der Waals surface area contributed by atoms with Crippen LogP contribution in [0.4, 0.5) is 0 Å². The van der Waals surface area contributed by atoms with E-state index in [2.05, 4.69) is 4.98 Å². The summed E-state index contributed by atoms with van der Waals surface area (Å²) in [6.07, 6.45) is 4.37. The van der Waals surface area contributed by atoms with Crippen molar-refractivity contribution in [2.75, 3.05) is 6.54 Å². The smallest absolute Gasteiger partial charge is 0.325 e. The Bertz CT molecular complexity index is 613. The lowest BCUT2D eigenvalue weighted by molar-refractivity contribution is -0.144. The maximum Gasteiger partial charge on any atom is 0.325 e. The molecule has 102 valence electrons. The summed E-state index contributed by atoms with van der Waals surface area (Å²) < 4.78 is 0. The predicted molar refractivity (Wildman–Crippen MR) is 75.2 cm³/mol. The fourth-order valence-corrected chi connectivity index (χ4v) is 2.80. The Morgan fingerprint density at radius 3 is 2.75 bits per heavy atom. The first-order valence-electron chi connectivity index (χ1n) is 6.69. The van der Waals surface area contributed by atoms with E-state index in [4.69, 9.17) is 0 Å². The van der Waals surface area contributed by atoms with E-state index in [1.54, 1.807) is 12.4 Å². The van der Waals surface area contributed by atoms with Gasteiger partial charge in [-0.05, 0) is 35.2 Å². The SMILES string of the molecule is O=C(O)C1c2ccccc2CCN1Cc1ccncc1. The van der Waals surface area contributed by atoms with Gasteiger partial charge in [0.1, 0.15) is 6.04 Å². The van der Waals surface area contributed by atoms with Crippen molar-refractivity contribution in [3.8, 4) is 0 Å². The van der Waals surface area contributed by atoms with Crippen molar-refractivity contribution in [2.45, 2.75) is 19.0 Å². The largest absolute Gasteiger partial charge is 0.480 e. The molecule has 1 aromatic carbocycles. The summed E-state index contributed by atoms with van der Waals surface area (Å²) >= 11 is 0. The molecule has 0 bridgehead atoms. The quantitative estimate of drug-likeness (QED) is 0.927. The number of carboxylic acids is 1. The van der Waals surface area contributed by atoms with Gasteiger partial charge in [0.25, 0.3) is 0 Å². The first kappa shape index (κ1) is 12.8. The van der Waals surface area contributed by atoms with Crippen molar-refractivity contribution < 1.29 is 9.90 Å². The maximum atomic E-state index is 11.7. The van der Waals surface area contributed by atoms with Crippen LogP contribution in [-0.2, 0) is 17.8 Å². The summed E-state index contributed by atoms with van der Waals surface area (Å²) in [6, 6.07) is 11.1. The molecule has 0 radical (unpaired) electrons. The van der Waals surface area contributed by atoms with E-state index in [9.17, 15) is 9.90 Å². The van der Waals surface area contributed by atoms with E-state index in [0.717, 1.165) is 29.7 Å². The zero-order chi connectivity index (χ0) is 13.9. The van der Waals surface area contributed by atoms with E-state index in [0.29, 0.717) is 6.54 Å². The minimum absolute atomic E-state index is 0.562. The second kappa shape index (κ2) is 5.43. The summed E-state index contributed by atoms with van der Waals surface area (Å²) in [5.41, 5.74) is 3.15. The number of carbonyl (C=O) groups is 1. The Balaban J connectivity index is 1.91. The highest BCUT2D eigenvalue weighted by Crippen LogP contribution is 2.30. The molecule has 1 atom stereocenters. The average Bonchev–Trinajstić information content (AvgIpc) is 2.47. The van der Waals surface area contributed by atoms with Crippen LogP contribution in [0, 0.1) is 0 Å². The number of aromatic nitrogens is 1. The minimum atomic E-state index is -0.786. The van der Waals surface area contributed by atoms with Crippen LogP contribution in [0.5, 0.6) is 0 Å². The molecule has 0 spiro atoms. The van der Waals surface area contributed by atoms with Gasteiger partial charge < -0.3 is 5.11 Å². The highest BCUT2D eigenvalue weighted by atomic mass is 16.4. The van der Waals surface area contributed by atoms with Crippen LogP contribution < -0.4 is 0 Å². The van der Waals surface area contributed by atoms with Gasteiger partial charge in [-0.2, -0.15) is 0 Å². The van der Waals surface area contributed by atoms with Crippen molar-refractivity contribution in [2.24, 2.45) is 0 Å². The minimum Gasteiger partial charge on any atom is -0.480 e. The van der Waals surface area contributed by atoms with Gasteiger partial charge in [-0.15, -0.1) is 0 Å². The molecule has 1 aliphatic heterocycles. The van der Waals surface area contributed by atoms with E-state index >= 15 is 0 Å². The molecule has 0 amide bonds. The van der Waals surface area contributed by atoms with E-state index in [-0.39, 0.29) is 0 Å². The monoisotopic (exact) mass is 268 g/mol. The topological polar surface area (TPSA) is 53.4 Å². The number of aliphatic carboxylic acids is 1. The third kappa shape index (κ3) is 2.42. The molecule has 2 aromatic rings. The summed E-state index contributed by atoms with van der Waals surface area (Å²) in [6.45, 7) is 1.39. The molecule has 0 fully saturated rings. The van der Waals surface area contributed by atoms with Crippen LogP contribution in [0.1, 0.15) is 22.7 Å². The normalized spacial score (nSPS) is 18.5. The van der Waals surface area contributed by atoms with Gasteiger partial charge in [0.2, 0.25) is 0 Å². The van der Waals surface area contributed by atoms with Crippen molar-refractivity contribution in [3.05, 3.63) is 65.5 Å². The number of benzene rings is 1. The number of carboxylic acid groups (broad SMARTS) is 1. The number of rotatable bonds is 3. The Morgan fingerprint density at radius 1 is 1.25 bits per heavy atom. The van der Waals surface area contributed by atoms with Crippen LogP contribution in [0.3, 0.4) is 0 Å². The van der Waals surface area contributed by atoms with Gasteiger partial charge in [-0.25, -0.2) is 0 Å². The standard InChI is InChI=1S/C16H16N2O2/c19-16(20)15-14-4-2-1-3-13(14)7-10-18(15)11-12-5-8-17-9-6-12/h1-6,8-9,15H,7,10-11H2,(H,19,20). The lowest BCUT2D eigenvalue weighted by Crippen LogP contribution is -2.39. The average molecular weight is 268 g/mol. The van der Waals surface area contributed by atoms with E-state index in [1.807, 2.05) is 41.3 Å². The number of hydrogen-bond donors (Lipinski definition) is 1. The third-order valence-corrected chi connectivity index (χ3v) is 3.75. The van der Waals surface area contributed by atoms with Crippen LogP contribution in [0.2, 0.25) is 0 Å². The molecule has 4 heteroatoms. The van der Waals surface area contributed by atoms with Gasteiger partial charge in [0.15, 0.2) is 0 Å². The zero-order valence-corrected chi connectivity index (χ0v) is 11.1. The molecule has 3 rings (SSSR count). The number of nitrogens with zero attached hydrogens (tertiary/aromatic N) is 2. The highest BCUT2D eigenvalue weighted by Gasteiger charge is 2.32. The number of fused-ring (bicyclic) bond motifs is 1. The second-order valence-corrected chi connectivity index (χ2v) is 5.02. The first-order chi connectivity index (χ1) is 9.75. The molecule has 2 heterocycles. The summed E-state index contributed by atoms with van der Waals surface area (Å²) in [4.78, 5) is 17.7. The predicted octanol–water partition coefficient (Wildman–Crippen LogP) is 2.27. The molecule has 1 N–H and O–H groups in total. The molecule has 0 saturated carbocycles. The molecule has 0 saturated heterocycles. The molecular formula is C16H16N2O2. The first-order valence-corrected chi connectivity index (χ1v) is 6.69. The second-order valence-electron chi connectivity index (χ2n) is 5.02. The van der Waals surface area contributed by atoms with Crippen molar-refractivity contribution in [1.29, 1.82) is 0 Å². The van der Waals surface area contributed by atoms with E-state index in [1.165, 1.54) is 0 Å². The molecular weight excluding hydrogens is 252 g/mol. The Labute approximate surface area is 117 Å². The molecule has 0 aliphatic carbocycles. The van der Waals surface area contributed by atoms with Crippen LogP contribution in [-0.4, -0.2) is 27.5 Å². The van der Waals surface area contributed by atoms with Gasteiger partial charge in [0, 0.05) is 25.5 Å². The van der Waals surface area contributed by atoms with Crippen molar-refractivity contribution in [1.82, 2.24) is 9.88 Å². The molecule has 1 unspecified atom stereocenters. The zero-order valence-electron chi connectivity index (χ0n) is 11.1. The fourth-order valence-electron chi connectivity index (χ4n) is 2.80. The number of pyridine rings is 1. The highest BCUT2D eigenvalue weighted by molar-refractivity contribution is 5.76. The summed E-state index contributed by atoms with van der Waals surface area (Å²) in [7, 11) is 0. The van der Waals surface area contributed by atoms with Gasteiger partial charge in [-0.3, -0.25) is 14.7 Å². The van der Waals surface area contributed by atoms with Gasteiger partial charge in [-0.1, -0.05) is 24.3 Å². The molecule has 1 aliphatic rings. The molecule has 20 heavy (non-hydrogen) atoms. The molecule has 4 nitrogen and oxygen atoms in total. The fraction of sp³-hybridized carbons (Fsp3) is 0.250. The van der Waals surface area contributed by atoms with Gasteiger partial charge >= 0.3 is 5.97 Å². The van der Waals surface area contributed by atoms with Gasteiger partial charge in [0.05, 0.1) is 0 Å². The van der Waals surface area contributed by atoms with Crippen LogP contribution >= 0.6 is 0 Å². The number of hydrogen-bond acceptors (Lipinski definition) is 3.